The Bertz CT molecular complexity index is 678. The first-order valence-electron chi connectivity index (χ1n) is 5.69. The second-order valence-electron chi connectivity index (χ2n) is 3.96. The molecule has 0 aliphatic rings. The van der Waals surface area contributed by atoms with Gasteiger partial charge in [0.2, 0.25) is 0 Å². The number of nitrogens with zero attached hydrogens (tertiary/aromatic N) is 3. The van der Waals surface area contributed by atoms with Crippen molar-refractivity contribution in [3.8, 4) is 9.88 Å². The van der Waals surface area contributed by atoms with Gasteiger partial charge in [-0.3, -0.25) is 0 Å². The molecule has 0 fully saturated rings. The molecule has 1 aromatic carbocycles. The van der Waals surface area contributed by atoms with E-state index in [0.717, 1.165) is 25.5 Å². The molecule has 3 aromatic rings. The average molecular weight is 308 g/mol. The summed E-state index contributed by atoms with van der Waals surface area (Å²) in [7, 11) is 0. The van der Waals surface area contributed by atoms with Crippen LogP contribution < -0.4 is 0 Å². The van der Waals surface area contributed by atoms with Crippen LogP contribution in [0.4, 0.5) is 0 Å². The Morgan fingerprint density at radius 3 is 2.58 bits per heavy atom. The lowest BCUT2D eigenvalue weighted by molar-refractivity contribution is 0.989. The largest absolute Gasteiger partial charge is 0.249 e. The van der Waals surface area contributed by atoms with Crippen LogP contribution in [0.15, 0.2) is 36.5 Å². The molecule has 0 spiro atoms. The van der Waals surface area contributed by atoms with Gasteiger partial charge in [-0.15, -0.1) is 33.1 Å². The van der Waals surface area contributed by atoms with E-state index in [-0.39, 0.29) is 5.38 Å². The number of hydrogen-bond donors (Lipinski definition) is 0. The van der Waals surface area contributed by atoms with Crippen LogP contribution in [0, 0.1) is 6.92 Å². The van der Waals surface area contributed by atoms with Gasteiger partial charge in [-0.25, -0.2) is 4.98 Å². The molecule has 0 radical (unpaired) electrons. The predicted molar refractivity (Wildman–Crippen MR) is 79.9 cm³/mol. The van der Waals surface area contributed by atoms with Crippen LogP contribution in [0.2, 0.25) is 0 Å². The number of hydrogen-bond acceptors (Lipinski definition) is 5. The molecule has 2 aromatic heterocycles. The molecule has 2 heterocycles. The third kappa shape index (κ3) is 2.68. The van der Waals surface area contributed by atoms with Crippen LogP contribution >= 0.6 is 34.3 Å². The molecule has 3 nitrogen and oxygen atoms in total. The van der Waals surface area contributed by atoms with Gasteiger partial charge in [0.1, 0.15) is 10.4 Å². The van der Waals surface area contributed by atoms with Gasteiger partial charge >= 0.3 is 0 Å². The maximum absolute atomic E-state index is 6.43. The van der Waals surface area contributed by atoms with Crippen molar-refractivity contribution >= 4 is 34.3 Å². The zero-order valence-corrected chi connectivity index (χ0v) is 12.5. The highest BCUT2D eigenvalue weighted by molar-refractivity contribution is 7.21. The van der Waals surface area contributed by atoms with E-state index in [0.29, 0.717) is 0 Å². The van der Waals surface area contributed by atoms with Crippen LogP contribution in [0.3, 0.4) is 0 Å². The number of rotatable bonds is 3. The molecule has 0 amide bonds. The molecule has 96 valence electrons. The van der Waals surface area contributed by atoms with E-state index >= 15 is 0 Å². The zero-order valence-electron chi connectivity index (χ0n) is 10.1. The Hall–Kier alpha value is -1.30. The van der Waals surface area contributed by atoms with Gasteiger partial charge in [0.15, 0.2) is 5.01 Å². The average Bonchev–Trinajstić information content (AvgIpc) is 3.07. The minimum Gasteiger partial charge on any atom is -0.249 e. The fourth-order valence-corrected chi connectivity index (χ4v) is 3.65. The molecule has 0 saturated carbocycles. The lowest BCUT2D eigenvalue weighted by Gasteiger charge is -2.04. The smallest absolute Gasteiger partial charge is 0.159 e. The van der Waals surface area contributed by atoms with E-state index in [4.69, 9.17) is 11.6 Å². The van der Waals surface area contributed by atoms with E-state index in [2.05, 4.69) is 15.2 Å². The minimum atomic E-state index is -0.249. The monoisotopic (exact) mass is 307 g/mol. The zero-order chi connectivity index (χ0) is 13.2. The van der Waals surface area contributed by atoms with Gasteiger partial charge in [-0.2, -0.15) is 0 Å². The first kappa shape index (κ1) is 12.7. The second-order valence-corrected chi connectivity index (χ2v) is 6.64. The van der Waals surface area contributed by atoms with Crippen molar-refractivity contribution in [3.05, 3.63) is 52.1 Å². The summed E-state index contributed by atoms with van der Waals surface area (Å²) in [5, 5.41) is 10.9. The number of halogens is 1. The minimum absolute atomic E-state index is 0.249. The van der Waals surface area contributed by atoms with Crippen molar-refractivity contribution in [2.24, 2.45) is 0 Å². The van der Waals surface area contributed by atoms with Crippen molar-refractivity contribution in [1.82, 2.24) is 15.2 Å². The first-order chi connectivity index (χ1) is 9.24. The number of benzene rings is 1. The number of thiazole rings is 1. The molecule has 1 unspecified atom stereocenters. The number of alkyl halides is 1. The van der Waals surface area contributed by atoms with Crippen LogP contribution in [0.1, 0.15) is 21.0 Å². The Kier molecular flexibility index (Phi) is 3.59. The van der Waals surface area contributed by atoms with Crippen molar-refractivity contribution in [3.63, 3.8) is 0 Å². The summed E-state index contributed by atoms with van der Waals surface area (Å²) in [6.07, 6.45) is 1.83. The van der Waals surface area contributed by atoms with Crippen molar-refractivity contribution < 1.29 is 0 Å². The van der Waals surface area contributed by atoms with Gasteiger partial charge in [0.05, 0.1) is 9.88 Å². The SMILES string of the molecule is Cc1ncc(-c2nnc(C(Cl)c3ccccc3)s2)s1. The van der Waals surface area contributed by atoms with Crippen molar-refractivity contribution in [2.75, 3.05) is 0 Å². The summed E-state index contributed by atoms with van der Waals surface area (Å²) in [5.41, 5.74) is 1.03. The van der Waals surface area contributed by atoms with Gasteiger partial charge < -0.3 is 0 Å². The number of aryl methyl sites for hydroxylation is 1. The summed E-state index contributed by atoms with van der Waals surface area (Å²) < 4.78 is 0. The van der Waals surface area contributed by atoms with E-state index in [1.54, 1.807) is 11.3 Å². The predicted octanol–water partition coefficient (Wildman–Crippen LogP) is 4.30. The molecular weight excluding hydrogens is 298 g/mol. The van der Waals surface area contributed by atoms with E-state index < -0.39 is 0 Å². The van der Waals surface area contributed by atoms with E-state index in [9.17, 15) is 0 Å². The maximum atomic E-state index is 6.43. The Labute approximate surface area is 123 Å². The molecule has 1 atom stereocenters. The quantitative estimate of drug-likeness (QED) is 0.677. The lowest BCUT2D eigenvalue weighted by atomic mass is 10.1. The molecule has 0 aliphatic carbocycles. The van der Waals surface area contributed by atoms with Crippen molar-refractivity contribution in [1.29, 1.82) is 0 Å². The third-order valence-corrected chi connectivity index (χ3v) is 5.24. The first-order valence-corrected chi connectivity index (χ1v) is 7.76. The van der Waals surface area contributed by atoms with Crippen LogP contribution in [-0.2, 0) is 0 Å². The summed E-state index contributed by atoms with van der Waals surface area (Å²) in [5.74, 6) is 0. The fraction of sp³-hybridized carbons (Fsp3) is 0.154. The highest BCUT2D eigenvalue weighted by Crippen LogP contribution is 2.35. The summed E-state index contributed by atoms with van der Waals surface area (Å²) in [6, 6.07) is 9.91. The number of aromatic nitrogens is 3. The molecular formula is C13H10ClN3S2. The lowest BCUT2D eigenvalue weighted by Crippen LogP contribution is -1.91. The maximum Gasteiger partial charge on any atom is 0.159 e. The molecule has 0 saturated heterocycles. The van der Waals surface area contributed by atoms with Gasteiger partial charge in [0, 0.05) is 6.20 Å². The van der Waals surface area contributed by atoms with Gasteiger partial charge in [-0.05, 0) is 12.5 Å². The molecule has 0 aliphatic heterocycles. The fourth-order valence-electron chi connectivity index (χ4n) is 1.66. The molecule has 19 heavy (non-hydrogen) atoms. The van der Waals surface area contributed by atoms with Gasteiger partial charge in [0.25, 0.3) is 0 Å². The standard InChI is InChI=1S/C13H10ClN3S2/c1-8-15-7-10(18-8)12-16-17-13(19-12)11(14)9-5-3-2-4-6-9/h2-7,11H,1H3. The van der Waals surface area contributed by atoms with Crippen LogP contribution in [-0.4, -0.2) is 15.2 Å². The molecule has 6 heteroatoms. The summed E-state index contributed by atoms with van der Waals surface area (Å²) in [4.78, 5) is 5.27. The Morgan fingerprint density at radius 1 is 1.11 bits per heavy atom. The van der Waals surface area contributed by atoms with Crippen LogP contribution in [0.25, 0.3) is 9.88 Å². The second kappa shape index (κ2) is 5.36. The Morgan fingerprint density at radius 2 is 1.89 bits per heavy atom. The molecule has 3 rings (SSSR count). The Balaban J connectivity index is 1.89. The van der Waals surface area contributed by atoms with E-state index in [1.165, 1.54) is 11.3 Å². The normalized spacial score (nSPS) is 12.5. The molecule has 0 N–H and O–H groups in total. The highest BCUT2D eigenvalue weighted by atomic mass is 35.5. The van der Waals surface area contributed by atoms with Gasteiger partial charge in [-0.1, -0.05) is 41.7 Å². The van der Waals surface area contributed by atoms with Crippen molar-refractivity contribution in [2.45, 2.75) is 12.3 Å². The van der Waals surface area contributed by atoms with E-state index in [1.807, 2.05) is 43.5 Å². The summed E-state index contributed by atoms with van der Waals surface area (Å²) >= 11 is 9.57. The third-order valence-electron chi connectivity index (χ3n) is 2.58. The molecule has 0 bridgehead atoms. The topological polar surface area (TPSA) is 38.7 Å². The highest BCUT2D eigenvalue weighted by Gasteiger charge is 2.17. The summed E-state index contributed by atoms with van der Waals surface area (Å²) in [6.45, 7) is 1.98. The van der Waals surface area contributed by atoms with Crippen LogP contribution in [0.5, 0.6) is 0 Å².